The summed E-state index contributed by atoms with van der Waals surface area (Å²) >= 11 is 3.20. The van der Waals surface area contributed by atoms with Gasteiger partial charge in [-0.15, -0.1) is 0 Å². The molecule has 2 N–H and O–H groups in total. The van der Waals surface area contributed by atoms with Gasteiger partial charge in [-0.2, -0.15) is 0 Å². The second kappa shape index (κ2) is 2.84. The molecule has 0 heterocycles. The average Bonchev–Trinajstić information content (AvgIpc) is 1.88. The van der Waals surface area contributed by atoms with Gasteiger partial charge in [0.05, 0.1) is 0 Å². The summed E-state index contributed by atoms with van der Waals surface area (Å²) in [6.07, 6.45) is 0. The minimum absolute atomic E-state index is 0.398. The van der Waals surface area contributed by atoms with Crippen molar-refractivity contribution >= 4 is 21.8 Å². The lowest BCUT2D eigenvalue weighted by Gasteiger charge is -1.92. The van der Waals surface area contributed by atoms with E-state index in [-0.39, 0.29) is 0 Å². The molecule has 2 nitrogen and oxygen atoms in total. The van der Waals surface area contributed by atoms with E-state index in [1.807, 2.05) is 0 Å². The van der Waals surface area contributed by atoms with E-state index in [1.54, 1.807) is 18.2 Å². The van der Waals surface area contributed by atoms with Crippen molar-refractivity contribution in [3.05, 3.63) is 34.3 Å². The molecule has 0 fully saturated rings. The molecule has 0 atom stereocenters. The topological polar surface area (TPSA) is 43.1 Å². The van der Waals surface area contributed by atoms with E-state index in [9.17, 15) is 4.79 Å². The highest BCUT2D eigenvalue weighted by molar-refractivity contribution is 9.10. The summed E-state index contributed by atoms with van der Waals surface area (Å²) < 4.78 is 0.833. The molecular formula is C7H5BrNO. The molecule has 0 spiro atoms. The quantitative estimate of drug-likeness (QED) is 0.728. The first-order valence-corrected chi connectivity index (χ1v) is 3.46. The van der Waals surface area contributed by atoms with Crippen molar-refractivity contribution in [2.75, 3.05) is 0 Å². The van der Waals surface area contributed by atoms with Crippen molar-refractivity contribution in [3.63, 3.8) is 0 Å². The molecule has 0 saturated carbocycles. The van der Waals surface area contributed by atoms with Crippen LogP contribution in [0.4, 0.5) is 0 Å². The minimum Gasteiger partial charge on any atom is -0.366 e. The molecule has 1 rings (SSSR count). The van der Waals surface area contributed by atoms with E-state index in [0.717, 1.165) is 4.47 Å². The van der Waals surface area contributed by atoms with Crippen molar-refractivity contribution in [3.8, 4) is 0 Å². The first-order chi connectivity index (χ1) is 4.70. The molecule has 0 aromatic heterocycles. The summed E-state index contributed by atoms with van der Waals surface area (Å²) in [6, 6.07) is 7.76. The predicted molar refractivity (Wildman–Crippen MR) is 41.5 cm³/mol. The van der Waals surface area contributed by atoms with Crippen LogP contribution in [-0.2, 0) is 0 Å². The smallest absolute Gasteiger partial charge is 0.249 e. The molecule has 51 valence electrons. The van der Waals surface area contributed by atoms with Crippen LogP contribution in [0.1, 0.15) is 10.4 Å². The summed E-state index contributed by atoms with van der Waals surface area (Å²) in [5.41, 5.74) is 5.39. The van der Waals surface area contributed by atoms with Crippen molar-refractivity contribution in [2.24, 2.45) is 5.73 Å². The molecule has 1 radical (unpaired) electrons. The third kappa shape index (κ3) is 1.57. The fraction of sp³-hybridized carbons (Fsp3) is 0. The second-order valence-electron chi connectivity index (χ2n) is 1.78. The highest BCUT2D eigenvalue weighted by Crippen LogP contribution is 2.09. The summed E-state index contributed by atoms with van der Waals surface area (Å²) in [7, 11) is 0. The van der Waals surface area contributed by atoms with Crippen molar-refractivity contribution in [1.82, 2.24) is 0 Å². The van der Waals surface area contributed by atoms with E-state index >= 15 is 0 Å². The van der Waals surface area contributed by atoms with E-state index in [4.69, 9.17) is 5.73 Å². The summed E-state index contributed by atoms with van der Waals surface area (Å²) in [4.78, 5) is 10.5. The van der Waals surface area contributed by atoms with Crippen molar-refractivity contribution in [1.29, 1.82) is 0 Å². The van der Waals surface area contributed by atoms with Gasteiger partial charge >= 0.3 is 0 Å². The maximum atomic E-state index is 10.5. The van der Waals surface area contributed by atoms with Crippen LogP contribution in [0.2, 0.25) is 0 Å². The van der Waals surface area contributed by atoms with Gasteiger partial charge in [0, 0.05) is 10.0 Å². The molecule has 0 aliphatic heterocycles. The van der Waals surface area contributed by atoms with Crippen molar-refractivity contribution in [2.45, 2.75) is 0 Å². The minimum atomic E-state index is -0.457. The lowest BCUT2D eigenvalue weighted by molar-refractivity contribution is 0.1000. The molecule has 1 amide bonds. The molecule has 1 aromatic rings. The lowest BCUT2D eigenvalue weighted by Crippen LogP contribution is -2.10. The Morgan fingerprint density at radius 1 is 1.70 bits per heavy atom. The van der Waals surface area contributed by atoms with Gasteiger partial charge in [-0.1, -0.05) is 22.0 Å². The SMILES string of the molecule is NC(=O)c1[c]ccc(Br)c1. The van der Waals surface area contributed by atoms with Crippen LogP contribution in [-0.4, -0.2) is 5.91 Å². The van der Waals surface area contributed by atoms with E-state index < -0.39 is 5.91 Å². The second-order valence-corrected chi connectivity index (χ2v) is 2.70. The normalized spacial score (nSPS) is 9.30. The van der Waals surface area contributed by atoms with Gasteiger partial charge < -0.3 is 5.73 Å². The number of halogens is 1. The summed E-state index contributed by atoms with van der Waals surface area (Å²) in [5, 5.41) is 0. The Morgan fingerprint density at radius 3 is 2.80 bits per heavy atom. The van der Waals surface area contributed by atoms with Crippen LogP contribution in [0.15, 0.2) is 22.7 Å². The molecule has 0 aliphatic rings. The van der Waals surface area contributed by atoms with Gasteiger partial charge in [0.2, 0.25) is 5.91 Å². The molecule has 0 unspecified atom stereocenters. The zero-order valence-electron chi connectivity index (χ0n) is 5.10. The van der Waals surface area contributed by atoms with Crippen molar-refractivity contribution < 1.29 is 4.79 Å². The zero-order chi connectivity index (χ0) is 7.56. The van der Waals surface area contributed by atoms with Gasteiger partial charge in [0.15, 0.2) is 0 Å². The van der Waals surface area contributed by atoms with Crippen LogP contribution in [0.3, 0.4) is 0 Å². The first-order valence-electron chi connectivity index (χ1n) is 2.67. The highest BCUT2D eigenvalue weighted by atomic mass is 79.9. The van der Waals surface area contributed by atoms with Gasteiger partial charge in [0.1, 0.15) is 0 Å². The molecule has 3 heteroatoms. The maximum Gasteiger partial charge on any atom is 0.249 e. The van der Waals surface area contributed by atoms with Crippen LogP contribution < -0.4 is 5.73 Å². The monoisotopic (exact) mass is 198 g/mol. The Hall–Kier alpha value is -0.830. The molecule has 0 aliphatic carbocycles. The van der Waals surface area contributed by atoms with E-state index in [2.05, 4.69) is 22.0 Å². The van der Waals surface area contributed by atoms with Gasteiger partial charge in [-0.3, -0.25) is 4.79 Å². The van der Waals surface area contributed by atoms with Crippen LogP contribution >= 0.6 is 15.9 Å². The Bertz CT molecular complexity index is 260. The molecule has 10 heavy (non-hydrogen) atoms. The van der Waals surface area contributed by atoms with E-state index in [1.165, 1.54) is 0 Å². The number of amides is 1. The van der Waals surface area contributed by atoms with Crippen LogP contribution in [0.5, 0.6) is 0 Å². The number of hydrogen-bond acceptors (Lipinski definition) is 1. The molecular weight excluding hydrogens is 194 g/mol. The van der Waals surface area contributed by atoms with Crippen LogP contribution in [0, 0.1) is 6.07 Å². The zero-order valence-corrected chi connectivity index (χ0v) is 6.68. The maximum absolute atomic E-state index is 10.5. The van der Waals surface area contributed by atoms with Crippen LogP contribution in [0.25, 0.3) is 0 Å². The lowest BCUT2D eigenvalue weighted by atomic mass is 10.2. The Kier molecular flexibility index (Phi) is 2.06. The standard InChI is InChI=1S/C7H5BrNO/c8-6-3-1-2-5(4-6)7(9)10/h1,3-4H,(H2,9,10). The Labute approximate surface area is 67.2 Å². The third-order valence-electron chi connectivity index (χ3n) is 1.03. The number of benzene rings is 1. The first kappa shape index (κ1) is 7.28. The predicted octanol–water partition coefficient (Wildman–Crippen LogP) is 1.35. The Balaban J connectivity index is 3.07. The number of nitrogens with two attached hydrogens (primary N) is 1. The highest BCUT2D eigenvalue weighted by Gasteiger charge is 1.98. The number of primary amides is 1. The largest absolute Gasteiger partial charge is 0.366 e. The molecule has 0 saturated heterocycles. The number of hydrogen-bond donors (Lipinski definition) is 1. The fourth-order valence-electron chi connectivity index (χ4n) is 0.581. The fourth-order valence-corrected chi connectivity index (χ4v) is 0.942. The Morgan fingerprint density at radius 2 is 2.40 bits per heavy atom. The van der Waals surface area contributed by atoms with Gasteiger partial charge in [-0.25, -0.2) is 0 Å². The number of carbonyl (C=O) groups is 1. The summed E-state index contributed by atoms with van der Waals surface area (Å²) in [5.74, 6) is -0.457. The van der Waals surface area contributed by atoms with Gasteiger partial charge in [0.25, 0.3) is 0 Å². The average molecular weight is 199 g/mol. The summed E-state index contributed by atoms with van der Waals surface area (Å²) in [6.45, 7) is 0. The van der Waals surface area contributed by atoms with Gasteiger partial charge in [-0.05, 0) is 18.2 Å². The molecule has 1 aromatic carbocycles. The number of carbonyl (C=O) groups excluding carboxylic acids is 1. The van der Waals surface area contributed by atoms with E-state index in [0.29, 0.717) is 5.56 Å². The number of rotatable bonds is 1. The third-order valence-corrected chi connectivity index (χ3v) is 1.52. The molecule has 0 bridgehead atoms.